The number of carbonyl (C=O) groups excluding carboxylic acids is 2. The summed E-state index contributed by atoms with van der Waals surface area (Å²) >= 11 is 0. The molecule has 0 aliphatic carbocycles. The first kappa shape index (κ1) is 10.7. The van der Waals surface area contributed by atoms with Gasteiger partial charge >= 0.3 is 5.97 Å². The van der Waals surface area contributed by atoms with E-state index >= 15 is 0 Å². The highest BCUT2D eigenvalue weighted by Gasteiger charge is 1.95. The third-order valence-electron chi connectivity index (χ3n) is 1.14. The van der Waals surface area contributed by atoms with Gasteiger partial charge in [-0.05, 0) is 6.42 Å². The summed E-state index contributed by atoms with van der Waals surface area (Å²) < 4.78 is 4.31. The Morgan fingerprint density at radius 2 is 2.17 bits per heavy atom. The molecule has 68 valence electrons. The zero-order valence-electron chi connectivity index (χ0n) is 7.29. The Morgan fingerprint density at radius 3 is 2.67 bits per heavy atom. The number of hydrogen-bond acceptors (Lipinski definition) is 3. The lowest BCUT2D eigenvalue weighted by molar-refractivity contribution is -0.134. The van der Waals surface area contributed by atoms with Crippen molar-refractivity contribution in [2.24, 2.45) is 0 Å². The average molecular weight is 171 g/mol. The van der Waals surface area contributed by atoms with Gasteiger partial charge < -0.3 is 10.1 Å². The van der Waals surface area contributed by atoms with Crippen molar-refractivity contribution in [2.45, 2.75) is 19.8 Å². The number of nitrogens with one attached hydrogen (secondary N) is 1. The molecular weight excluding hydrogens is 158 g/mol. The minimum absolute atomic E-state index is 0.0994. The Balaban J connectivity index is 3.59. The summed E-state index contributed by atoms with van der Waals surface area (Å²) in [5.41, 5.74) is 0. The van der Waals surface area contributed by atoms with Gasteiger partial charge in [-0.1, -0.05) is 6.92 Å². The molecule has 4 nitrogen and oxygen atoms in total. The molecule has 12 heavy (non-hydrogen) atoms. The fourth-order valence-electron chi connectivity index (χ4n) is 0.570. The van der Waals surface area contributed by atoms with E-state index in [1.165, 1.54) is 13.3 Å². The molecule has 1 amide bonds. The van der Waals surface area contributed by atoms with Gasteiger partial charge in [0.05, 0.1) is 7.11 Å². The first-order valence-electron chi connectivity index (χ1n) is 3.74. The van der Waals surface area contributed by atoms with Gasteiger partial charge in [0.15, 0.2) is 0 Å². The molecule has 0 saturated carbocycles. The third-order valence-corrected chi connectivity index (χ3v) is 1.14. The van der Waals surface area contributed by atoms with E-state index in [9.17, 15) is 9.59 Å². The van der Waals surface area contributed by atoms with Crippen LogP contribution in [0.3, 0.4) is 0 Å². The number of esters is 1. The molecule has 0 atom stereocenters. The normalized spacial score (nSPS) is 9.83. The molecule has 0 radical (unpaired) electrons. The standard InChI is InChI=1S/C8H13NO3/c1-3-4-7(10)9-6-5-8(11)12-2/h5-6H,3-4H2,1-2H3,(H,9,10)/b6-5+. The van der Waals surface area contributed by atoms with E-state index in [4.69, 9.17) is 0 Å². The Hall–Kier alpha value is -1.32. The zero-order valence-corrected chi connectivity index (χ0v) is 7.29. The van der Waals surface area contributed by atoms with Crippen molar-refractivity contribution >= 4 is 11.9 Å². The van der Waals surface area contributed by atoms with Crippen molar-refractivity contribution in [1.29, 1.82) is 0 Å². The second kappa shape index (κ2) is 6.39. The summed E-state index contributed by atoms with van der Waals surface area (Å²) in [6, 6.07) is 0. The molecule has 0 bridgehead atoms. The quantitative estimate of drug-likeness (QED) is 0.497. The van der Waals surface area contributed by atoms with Crippen LogP contribution >= 0.6 is 0 Å². The fraction of sp³-hybridized carbons (Fsp3) is 0.500. The maximum absolute atomic E-state index is 10.8. The van der Waals surface area contributed by atoms with Crippen LogP contribution in [-0.4, -0.2) is 19.0 Å². The monoisotopic (exact) mass is 171 g/mol. The maximum Gasteiger partial charge on any atom is 0.331 e. The number of ether oxygens (including phenoxy) is 1. The number of methoxy groups -OCH3 is 1. The summed E-state index contributed by atoms with van der Waals surface area (Å²) in [7, 11) is 1.28. The lowest BCUT2D eigenvalue weighted by atomic mass is 10.3. The van der Waals surface area contributed by atoms with Gasteiger partial charge in [0.25, 0.3) is 0 Å². The molecule has 0 fully saturated rings. The highest BCUT2D eigenvalue weighted by atomic mass is 16.5. The van der Waals surface area contributed by atoms with Crippen molar-refractivity contribution in [2.75, 3.05) is 7.11 Å². The molecule has 0 aliphatic rings. The number of carbonyl (C=O) groups is 2. The summed E-state index contributed by atoms with van der Waals surface area (Å²) in [6.45, 7) is 1.91. The Kier molecular flexibility index (Phi) is 5.69. The predicted molar refractivity (Wildman–Crippen MR) is 44.2 cm³/mol. The molecule has 0 aromatic heterocycles. The van der Waals surface area contributed by atoms with E-state index in [1.54, 1.807) is 0 Å². The lowest BCUT2D eigenvalue weighted by Gasteiger charge is -1.95. The fourth-order valence-corrected chi connectivity index (χ4v) is 0.570. The summed E-state index contributed by atoms with van der Waals surface area (Å²) in [6.07, 6.45) is 3.70. The van der Waals surface area contributed by atoms with Crippen LogP contribution in [0.5, 0.6) is 0 Å². The van der Waals surface area contributed by atoms with E-state index in [1.807, 2.05) is 6.92 Å². The highest BCUT2D eigenvalue weighted by molar-refractivity contribution is 5.83. The molecule has 0 unspecified atom stereocenters. The van der Waals surface area contributed by atoms with Gasteiger partial charge in [-0.2, -0.15) is 0 Å². The predicted octanol–water partition coefficient (Wildman–Crippen LogP) is 0.589. The topological polar surface area (TPSA) is 55.4 Å². The van der Waals surface area contributed by atoms with Crippen LogP contribution in [0.1, 0.15) is 19.8 Å². The van der Waals surface area contributed by atoms with Gasteiger partial charge in [-0.25, -0.2) is 4.79 Å². The molecule has 1 N–H and O–H groups in total. The molecule has 0 aromatic carbocycles. The second-order valence-corrected chi connectivity index (χ2v) is 2.17. The van der Waals surface area contributed by atoms with Crippen LogP contribution in [0.15, 0.2) is 12.3 Å². The molecule has 0 aliphatic heterocycles. The van der Waals surface area contributed by atoms with Crippen LogP contribution in [0.25, 0.3) is 0 Å². The highest BCUT2D eigenvalue weighted by Crippen LogP contribution is 1.85. The van der Waals surface area contributed by atoms with Crippen molar-refractivity contribution < 1.29 is 14.3 Å². The van der Waals surface area contributed by atoms with Crippen LogP contribution in [0.4, 0.5) is 0 Å². The van der Waals surface area contributed by atoms with Crippen LogP contribution < -0.4 is 5.32 Å². The molecule has 0 spiro atoms. The molecule has 4 heteroatoms. The molecule has 0 rings (SSSR count). The summed E-state index contributed by atoms with van der Waals surface area (Å²) in [4.78, 5) is 21.3. The van der Waals surface area contributed by atoms with Gasteiger partial charge in [-0.15, -0.1) is 0 Å². The van der Waals surface area contributed by atoms with Crippen molar-refractivity contribution in [1.82, 2.24) is 5.32 Å². The summed E-state index contributed by atoms with van der Waals surface area (Å²) in [5.74, 6) is -0.579. The van der Waals surface area contributed by atoms with Crippen LogP contribution in [0, 0.1) is 0 Å². The number of rotatable bonds is 4. The minimum Gasteiger partial charge on any atom is -0.466 e. The molecule has 0 saturated heterocycles. The van der Waals surface area contributed by atoms with Crippen molar-refractivity contribution in [3.8, 4) is 0 Å². The third kappa shape index (κ3) is 5.46. The second-order valence-electron chi connectivity index (χ2n) is 2.17. The largest absolute Gasteiger partial charge is 0.466 e. The van der Waals surface area contributed by atoms with Crippen LogP contribution in [0.2, 0.25) is 0 Å². The van der Waals surface area contributed by atoms with Crippen molar-refractivity contribution in [3.05, 3.63) is 12.3 Å². The first-order valence-corrected chi connectivity index (χ1v) is 3.74. The first-order chi connectivity index (χ1) is 5.70. The van der Waals surface area contributed by atoms with E-state index in [2.05, 4.69) is 10.1 Å². The van der Waals surface area contributed by atoms with Crippen molar-refractivity contribution in [3.63, 3.8) is 0 Å². The molecule has 0 aromatic rings. The van der Waals surface area contributed by atoms with E-state index < -0.39 is 5.97 Å². The smallest absolute Gasteiger partial charge is 0.331 e. The molecule has 0 heterocycles. The zero-order chi connectivity index (χ0) is 9.40. The van der Waals surface area contributed by atoms with Gasteiger partial charge in [0.2, 0.25) is 5.91 Å². The number of amides is 1. The SMILES string of the molecule is CCCC(=O)N/C=C/C(=O)OC. The Bertz CT molecular complexity index is 187. The van der Waals surface area contributed by atoms with Gasteiger partial charge in [-0.3, -0.25) is 4.79 Å². The molecular formula is C8H13NO3. The Labute approximate surface area is 71.6 Å². The summed E-state index contributed by atoms with van der Waals surface area (Å²) in [5, 5.41) is 2.43. The minimum atomic E-state index is -0.480. The van der Waals surface area contributed by atoms with Crippen LogP contribution in [-0.2, 0) is 14.3 Å². The van der Waals surface area contributed by atoms with Gasteiger partial charge in [0.1, 0.15) is 0 Å². The van der Waals surface area contributed by atoms with E-state index in [0.717, 1.165) is 12.5 Å². The Morgan fingerprint density at radius 1 is 1.50 bits per heavy atom. The number of hydrogen-bond donors (Lipinski definition) is 1. The average Bonchev–Trinajstić information content (AvgIpc) is 2.04. The maximum atomic E-state index is 10.8. The van der Waals surface area contributed by atoms with E-state index in [-0.39, 0.29) is 5.91 Å². The van der Waals surface area contributed by atoms with E-state index in [0.29, 0.717) is 6.42 Å². The lowest BCUT2D eigenvalue weighted by Crippen LogP contribution is -2.16. The van der Waals surface area contributed by atoms with Gasteiger partial charge in [0, 0.05) is 18.7 Å².